The molecule has 0 unspecified atom stereocenters. The molecule has 2 rings (SSSR count). The van der Waals surface area contributed by atoms with Gasteiger partial charge in [-0.05, 0) is 31.3 Å². The maximum Gasteiger partial charge on any atom is 0.418 e. The van der Waals surface area contributed by atoms with Gasteiger partial charge in [-0.1, -0.05) is 0 Å². The van der Waals surface area contributed by atoms with Gasteiger partial charge >= 0.3 is 6.18 Å². The van der Waals surface area contributed by atoms with Crippen LogP contribution in [-0.4, -0.2) is 42.9 Å². The van der Waals surface area contributed by atoms with Crippen LogP contribution in [0.5, 0.6) is 0 Å². The van der Waals surface area contributed by atoms with Crippen molar-refractivity contribution >= 4 is 17.4 Å². The Balaban J connectivity index is 2.52. The number of carbonyl (C=O) groups excluding carboxylic acids is 1. The lowest BCUT2D eigenvalue weighted by molar-refractivity contribution is -0.138. The van der Waals surface area contributed by atoms with Crippen molar-refractivity contribution in [2.45, 2.75) is 6.18 Å². The van der Waals surface area contributed by atoms with Gasteiger partial charge in [-0.25, -0.2) is 9.97 Å². The quantitative estimate of drug-likeness (QED) is 0.807. The molecule has 6 nitrogen and oxygen atoms in total. The highest BCUT2D eigenvalue weighted by molar-refractivity contribution is 6.11. The summed E-state index contributed by atoms with van der Waals surface area (Å²) in [6.07, 6.45) is -3.44. The lowest BCUT2D eigenvalue weighted by Crippen LogP contribution is -2.28. The minimum Gasteiger partial charge on any atom is -0.358 e. The number of aromatic nitrogens is 2. The molecule has 0 saturated heterocycles. The first-order chi connectivity index (χ1) is 11.8. The number of hydrogen-bond acceptors (Lipinski definition) is 5. The molecule has 0 aliphatic rings. The lowest BCUT2D eigenvalue weighted by Gasteiger charge is -2.20. The summed E-state index contributed by atoms with van der Waals surface area (Å²) in [7, 11) is 3.42. The first-order valence-electron chi connectivity index (χ1n) is 7.41. The van der Waals surface area contributed by atoms with Crippen molar-refractivity contribution in [3.8, 4) is 0 Å². The zero-order valence-electron chi connectivity index (χ0n) is 13.7. The molecule has 0 atom stereocenters. The van der Waals surface area contributed by atoms with E-state index in [-0.39, 0.29) is 11.4 Å². The van der Waals surface area contributed by atoms with Gasteiger partial charge in [0.05, 0.1) is 11.1 Å². The molecule has 0 saturated carbocycles. The second-order valence-electron chi connectivity index (χ2n) is 5.32. The first-order valence-corrected chi connectivity index (χ1v) is 7.41. The highest BCUT2D eigenvalue weighted by atomic mass is 19.4. The van der Waals surface area contributed by atoms with Crippen LogP contribution in [0.15, 0.2) is 30.5 Å². The minimum absolute atomic E-state index is 0.226. The topological polar surface area (TPSA) is 81.9 Å². The number of carbonyl (C=O) groups is 1. The summed E-state index contributed by atoms with van der Waals surface area (Å²) < 4.78 is 39.8. The molecule has 25 heavy (non-hydrogen) atoms. The van der Waals surface area contributed by atoms with Crippen LogP contribution in [0.1, 0.15) is 21.6 Å². The number of nitrogens with zero attached hydrogens (tertiary/aromatic N) is 3. The van der Waals surface area contributed by atoms with Gasteiger partial charge in [0.1, 0.15) is 11.5 Å². The van der Waals surface area contributed by atoms with E-state index in [0.717, 1.165) is 6.07 Å². The summed E-state index contributed by atoms with van der Waals surface area (Å²) >= 11 is 0. The van der Waals surface area contributed by atoms with E-state index in [1.807, 2.05) is 0 Å². The number of likely N-dealkylation sites (N-methyl/N-ethyl adjacent to an activating group) is 2. The van der Waals surface area contributed by atoms with Gasteiger partial charge in [0, 0.05) is 26.3 Å². The van der Waals surface area contributed by atoms with Crippen LogP contribution < -0.4 is 16.0 Å². The van der Waals surface area contributed by atoms with Crippen molar-refractivity contribution in [2.24, 2.45) is 0 Å². The fraction of sp³-hybridized carbons (Fsp3) is 0.312. The maximum absolute atomic E-state index is 13.3. The number of rotatable bonds is 6. The summed E-state index contributed by atoms with van der Waals surface area (Å²) in [5.74, 6) is -1.13. The Kier molecular flexibility index (Phi) is 5.58. The predicted octanol–water partition coefficient (Wildman–Crippen LogP) is 2.30. The number of halogens is 3. The Morgan fingerprint density at radius 1 is 1.32 bits per heavy atom. The fourth-order valence-corrected chi connectivity index (χ4v) is 2.17. The van der Waals surface area contributed by atoms with Gasteiger partial charge in [0.15, 0.2) is 5.82 Å². The van der Waals surface area contributed by atoms with Gasteiger partial charge < -0.3 is 10.2 Å². The number of alkyl halides is 3. The van der Waals surface area contributed by atoms with E-state index in [2.05, 4.69) is 15.3 Å². The van der Waals surface area contributed by atoms with E-state index in [1.165, 1.54) is 24.4 Å². The van der Waals surface area contributed by atoms with Gasteiger partial charge in [-0.2, -0.15) is 13.2 Å². The van der Waals surface area contributed by atoms with Gasteiger partial charge in [0.25, 0.3) is 0 Å². The van der Waals surface area contributed by atoms with E-state index in [1.54, 1.807) is 19.0 Å². The summed E-state index contributed by atoms with van der Waals surface area (Å²) in [5.41, 5.74) is 5.55. The minimum atomic E-state index is -4.73. The summed E-state index contributed by atoms with van der Waals surface area (Å²) in [4.78, 5) is 21.8. The lowest BCUT2D eigenvalue weighted by atomic mass is 10.0. The molecule has 133 valence electrons. The molecule has 0 fully saturated rings. The van der Waals surface area contributed by atoms with E-state index < -0.39 is 29.0 Å². The molecule has 2 N–H and O–H groups in total. The van der Waals surface area contributed by atoms with Crippen LogP contribution in [0.25, 0.3) is 0 Å². The van der Waals surface area contributed by atoms with Crippen LogP contribution in [0.2, 0.25) is 0 Å². The Labute approximate surface area is 142 Å². The summed E-state index contributed by atoms with van der Waals surface area (Å²) in [6, 6.07) is 4.71. The molecule has 0 aliphatic heterocycles. The predicted molar refractivity (Wildman–Crippen MR) is 86.9 cm³/mol. The molecule has 2 heterocycles. The number of hydrogen-bond donors (Lipinski definition) is 1. The standard InChI is InChI=1S/C16H17F3N5O/c1-21-8-9-24(2)12-6-5-11(16(17,18)19)13(23-12)14(25)10-4-3-7-22-15(10)20/h3-7,20-21H,8-9H2,1-2H3. The third kappa shape index (κ3) is 4.24. The molecule has 0 bridgehead atoms. The SMILES string of the molecule is CNCCN(C)c1ccc(C(F)(F)F)c(C(=O)c2cccnc2[NH])n1. The van der Waals surface area contributed by atoms with Crippen LogP contribution in [-0.2, 0) is 6.18 Å². The van der Waals surface area contributed by atoms with Crippen molar-refractivity contribution in [2.75, 3.05) is 32.1 Å². The average Bonchev–Trinajstić information content (AvgIpc) is 2.58. The van der Waals surface area contributed by atoms with Crippen LogP contribution in [0.4, 0.5) is 24.8 Å². The van der Waals surface area contributed by atoms with Crippen LogP contribution >= 0.6 is 0 Å². The van der Waals surface area contributed by atoms with E-state index >= 15 is 0 Å². The third-order valence-electron chi connectivity index (χ3n) is 3.54. The number of ketones is 1. The van der Waals surface area contributed by atoms with Crippen molar-refractivity contribution in [3.63, 3.8) is 0 Å². The van der Waals surface area contributed by atoms with Crippen LogP contribution in [0, 0.1) is 0 Å². The van der Waals surface area contributed by atoms with Crippen molar-refractivity contribution in [1.29, 1.82) is 0 Å². The molecular formula is C16H17F3N5O. The summed E-state index contributed by atoms with van der Waals surface area (Å²) in [5, 5.41) is 2.93. The second-order valence-corrected chi connectivity index (χ2v) is 5.32. The molecule has 0 spiro atoms. The van der Waals surface area contributed by atoms with Crippen molar-refractivity contribution in [1.82, 2.24) is 21.0 Å². The molecule has 0 amide bonds. The van der Waals surface area contributed by atoms with Gasteiger partial charge in [0.2, 0.25) is 5.78 Å². The zero-order chi connectivity index (χ0) is 18.6. The molecule has 2 aromatic rings. The smallest absolute Gasteiger partial charge is 0.358 e. The van der Waals surface area contributed by atoms with E-state index in [9.17, 15) is 18.0 Å². The largest absolute Gasteiger partial charge is 0.418 e. The third-order valence-corrected chi connectivity index (χ3v) is 3.54. The normalized spacial score (nSPS) is 11.4. The van der Waals surface area contributed by atoms with E-state index in [0.29, 0.717) is 13.1 Å². The number of nitrogens with one attached hydrogen (secondary N) is 2. The molecule has 9 heteroatoms. The monoisotopic (exact) mass is 352 g/mol. The Morgan fingerprint density at radius 2 is 2.04 bits per heavy atom. The first kappa shape index (κ1) is 18.7. The molecular weight excluding hydrogens is 335 g/mol. The Hall–Kier alpha value is -2.68. The molecule has 0 aliphatic carbocycles. The number of anilines is 1. The van der Waals surface area contributed by atoms with Gasteiger partial charge in [-0.3, -0.25) is 10.5 Å². The molecule has 0 aromatic carbocycles. The maximum atomic E-state index is 13.3. The van der Waals surface area contributed by atoms with Crippen LogP contribution in [0.3, 0.4) is 0 Å². The highest BCUT2D eigenvalue weighted by Gasteiger charge is 2.37. The van der Waals surface area contributed by atoms with Crippen molar-refractivity contribution < 1.29 is 18.0 Å². The fourth-order valence-electron chi connectivity index (χ4n) is 2.17. The summed E-state index contributed by atoms with van der Waals surface area (Å²) in [6.45, 7) is 1.10. The van der Waals surface area contributed by atoms with Gasteiger partial charge in [-0.15, -0.1) is 0 Å². The molecule has 1 radical (unpaired) electrons. The average molecular weight is 352 g/mol. The Bertz CT molecular complexity index is 764. The second kappa shape index (κ2) is 7.47. The van der Waals surface area contributed by atoms with Crippen molar-refractivity contribution in [3.05, 3.63) is 47.3 Å². The zero-order valence-corrected chi connectivity index (χ0v) is 13.7. The molecule has 2 aromatic heterocycles. The number of pyridine rings is 2. The Morgan fingerprint density at radius 3 is 2.64 bits per heavy atom. The highest BCUT2D eigenvalue weighted by Crippen LogP contribution is 2.33. The van der Waals surface area contributed by atoms with E-state index in [4.69, 9.17) is 5.73 Å².